The third kappa shape index (κ3) is 3.21. The Balaban J connectivity index is 1.70. The van der Waals surface area contributed by atoms with Crippen LogP contribution in [0.3, 0.4) is 0 Å². The summed E-state index contributed by atoms with van der Waals surface area (Å²) >= 11 is 0. The van der Waals surface area contributed by atoms with Crippen molar-refractivity contribution in [3.05, 3.63) is 23.7 Å². The van der Waals surface area contributed by atoms with Crippen molar-refractivity contribution >= 4 is 17.8 Å². The number of carbonyl (C=O) groups excluding carboxylic acids is 2. The molecule has 0 radical (unpaired) electrons. The van der Waals surface area contributed by atoms with Crippen molar-refractivity contribution < 1.29 is 9.59 Å². The summed E-state index contributed by atoms with van der Waals surface area (Å²) in [5, 5.41) is 22.0. The zero-order valence-electron chi connectivity index (χ0n) is 13.5. The van der Waals surface area contributed by atoms with Gasteiger partial charge in [0.15, 0.2) is 11.5 Å². The van der Waals surface area contributed by atoms with Crippen molar-refractivity contribution in [2.75, 3.05) is 12.4 Å². The fourth-order valence-corrected chi connectivity index (χ4v) is 2.73. The first-order valence-electron chi connectivity index (χ1n) is 7.77. The van der Waals surface area contributed by atoms with Gasteiger partial charge in [-0.15, -0.1) is 10.2 Å². The molecule has 1 saturated carbocycles. The average molecular weight is 332 g/mol. The molecular formula is C14H20N8O2. The molecule has 2 aromatic rings. The van der Waals surface area contributed by atoms with Crippen molar-refractivity contribution in [1.29, 1.82) is 0 Å². The molecule has 3 rings (SSSR count). The SMILES string of the molecule is CNC(=O)c1n[nH]nc1NC(=O)NC(c1cnn(C)c1)C1CCC1. The van der Waals surface area contributed by atoms with Crippen LogP contribution in [0.15, 0.2) is 12.4 Å². The largest absolute Gasteiger partial charge is 0.354 e. The van der Waals surface area contributed by atoms with E-state index in [9.17, 15) is 9.59 Å². The van der Waals surface area contributed by atoms with E-state index in [0.717, 1.165) is 24.8 Å². The molecule has 0 bridgehead atoms. The van der Waals surface area contributed by atoms with Gasteiger partial charge in [-0.05, 0) is 18.8 Å². The lowest BCUT2D eigenvalue weighted by molar-refractivity contribution is 0.0959. The Morgan fingerprint density at radius 2 is 2.17 bits per heavy atom. The minimum atomic E-state index is -0.435. The maximum absolute atomic E-state index is 12.3. The third-order valence-electron chi connectivity index (χ3n) is 4.21. The van der Waals surface area contributed by atoms with Gasteiger partial charge >= 0.3 is 6.03 Å². The molecule has 10 heteroatoms. The summed E-state index contributed by atoms with van der Waals surface area (Å²) < 4.78 is 1.71. The number of amides is 3. The van der Waals surface area contributed by atoms with Crippen molar-refractivity contribution in [3.8, 4) is 0 Å². The molecule has 1 atom stereocenters. The molecule has 1 aliphatic carbocycles. The van der Waals surface area contributed by atoms with E-state index in [4.69, 9.17) is 0 Å². The van der Waals surface area contributed by atoms with E-state index in [2.05, 4.69) is 36.5 Å². The van der Waals surface area contributed by atoms with Crippen LogP contribution in [-0.2, 0) is 7.05 Å². The first-order valence-corrected chi connectivity index (χ1v) is 7.77. The number of carbonyl (C=O) groups is 2. The van der Waals surface area contributed by atoms with Gasteiger partial charge in [0.2, 0.25) is 0 Å². The first-order chi connectivity index (χ1) is 11.6. The summed E-state index contributed by atoms with van der Waals surface area (Å²) in [5.41, 5.74) is 0.998. The Morgan fingerprint density at radius 3 is 2.75 bits per heavy atom. The first kappa shape index (κ1) is 16.0. The molecule has 0 spiro atoms. The minimum absolute atomic E-state index is 0.0363. The molecule has 2 heterocycles. The number of nitrogens with zero attached hydrogens (tertiary/aromatic N) is 4. The van der Waals surface area contributed by atoms with Gasteiger partial charge in [0.1, 0.15) is 0 Å². The lowest BCUT2D eigenvalue weighted by Gasteiger charge is -2.33. The van der Waals surface area contributed by atoms with Gasteiger partial charge in [0.05, 0.1) is 12.2 Å². The number of hydrogen-bond acceptors (Lipinski definition) is 5. The monoisotopic (exact) mass is 332 g/mol. The lowest BCUT2D eigenvalue weighted by Crippen LogP contribution is -2.39. The van der Waals surface area contributed by atoms with E-state index < -0.39 is 11.9 Å². The van der Waals surface area contributed by atoms with Crippen molar-refractivity contribution in [1.82, 2.24) is 35.8 Å². The van der Waals surface area contributed by atoms with Crippen LogP contribution >= 0.6 is 0 Å². The second kappa shape index (κ2) is 6.69. The van der Waals surface area contributed by atoms with Crippen molar-refractivity contribution in [2.24, 2.45) is 13.0 Å². The summed E-state index contributed by atoms with van der Waals surface area (Å²) in [6.07, 6.45) is 6.94. The quantitative estimate of drug-likeness (QED) is 0.636. The Hall–Kier alpha value is -2.91. The van der Waals surface area contributed by atoms with Crippen LogP contribution in [0.1, 0.15) is 41.4 Å². The van der Waals surface area contributed by atoms with E-state index in [1.165, 1.54) is 7.05 Å². The second-order valence-corrected chi connectivity index (χ2v) is 5.81. The standard InChI is InChI=1S/C14H20N8O2/c1-15-13(23)11-12(20-21-19-11)18-14(24)17-10(8-4-3-5-8)9-6-16-22(2)7-9/h6-8,10H,3-5H2,1-2H3,(H,15,23)(H3,17,18,19,20,21,24). The van der Waals surface area contributed by atoms with Gasteiger partial charge in [-0.1, -0.05) is 6.42 Å². The topological polar surface area (TPSA) is 130 Å². The second-order valence-electron chi connectivity index (χ2n) is 5.81. The highest BCUT2D eigenvalue weighted by atomic mass is 16.2. The van der Waals surface area contributed by atoms with Crippen LogP contribution in [-0.4, -0.2) is 44.2 Å². The van der Waals surface area contributed by atoms with E-state index in [1.807, 2.05) is 13.2 Å². The van der Waals surface area contributed by atoms with Gasteiger partial charge in [-0.2, -0.15) is 10.3 Å². The number of nitrogens with one attached hydrogen (secondary N) is 4. The fraction of sp³-hybridized carbons (Fsp3) is 0.500. The number of anilines is 1. The molecule has 0 aromatic carbocycles. The molecule has 128 valence electrons. The summed E-state index contributed by atoms with van der Waals surface area (Å²) in [4.78, 5) is 24.0. The fourth-order valence-electron chi connectivity index (χ4n) is 2.73. The van der Waals surface area contributed by atoms with Gasteiger partial charge in [0, 0.05) is 25.9 Å². The van der Waals surface area contributed by atoms with E-state index in [-0.39, 0.29) is 17.6 Å². The van der Waals surface area contributed by atoms with Crippen LogP contribution in [0.4, 0.5) is 10.6 Å². The van der Waals surface area contributed by atoms with Gasteiger partial charge < -0.3 is 10.6 Å². The molecule has 0 saturated heterocycles. The molecule has 1 unspecified atom stereocenters. The third-order valence-corrected chi connectivity index (χ3v) is 4.21. The molecular weight excluding hydrogens is 312 g/mol. The van der Waals surface area contributed by atoms with Crippen LogP contribution < -0.4 is 16.0 Å². The van der Waals surface area contributed by atoms with Gasteiger partial charge in [-0.3, -0.25) is 14.8 Å². The summed E-state index contributed by atoms with van der Waals surface area (Å²) in [6, 6.07) is -0.558. The molecule has 10 nitrogen and oxygen atoms in total. The minimum Gasteiger partial charge on any atom is -0.354 e. The van der Waals surface area contributed by atoms with Crippen LogP contribution in [0.2, 0.25) is 0 Å². The maximum Gasteiger partial charge on any atom is 0.321 e. The molecule has 2 aromatic heterocycles. The van der Waals surface area contributed by atoms with Gasteiger partial charge in [0.25, 0.3) is 5.91 Å². The number of hydrogen-bond donors (Lipinski definition) is 4. The highest BCUT2D eigenvalue weighted by molar-refractivity contribution is 6.00. The maximum atomic E-state index is 12.3. The lowest BCUT2D eigenvalue weighted by atomic mass is 9.78. The molecule has 24 heavy (non-hydrogen) atoms. The van der Waals surface area contributed by atoms with E-state index >= 15 is 0 Å². The molecule has 1 fully saturated rings. The molecule has 3 amide bonds. The highest BCUT2D eigenvalue weighted by Crippen LogP contribution is 2.37. The van der Waals surface area contributed by atoms with E-state index in [1.54, 1.807) is 10.9 Å². The number of aromatic amines is 1. The smallest absolute Gasteiger partial charge is 0.321 e. The summed E-state index contributed by atoms with van der Waals surface area (Å²) in [5.74, 6) is 0.0444. The van der Waals surface area contributed by atoms with Crippen molar-refractivity contribution in [3.63, 3.8) is 0 Å². The Kier molecular flexibility index (Phi) is 4.45. The Bertz CT molecular complexity index is 733. The predicted molar refractivity (Wildman–Crippen MR) is 85.2 cm³/mol. The number of rotatable bonds is 5. The number of aryl methyl sites for hydroxylation is 1. The zero-order chi connectivity index (χ0) is 17.1. The van der Waals surface area contributed by atoms with E-state index in [0.29, 0.717) is 5.92 Å². The van der Waals surface area contributed by atoms with Gasteiger partial charge in [-0.25, -0.2) is 4.79 Å². The average Bonchev–Trinajstić information content (AvgIpc) is 3.13. The number of aromatic nitrogens is 5. The number of urea groups is 1. The molecule has 4 N–H and O–H groups in total. The Morgan fingerprint density at radius 1 is 1.38 bits per heavy atom. The van der Waals surface area contributed by atoms with Crippen molar-refractivity contribution in [2.45, 2.75) is 25.3 Å². The van der Waals surface area contributed by atoms with Crippen LogP contribution in [0.5, 0.6) is 0 Å². The zero-order valence-corrected chi connectivity index (χ0v) is 13.5. The molecule has 0 aliphatic heterocycles. The van der Waals surface area contributed by atoms with Crippen LogP contribution in [0, 0.1) is 5.92 Å². The summed E-state index contributed by atoms with van der Waals surface area (Å²) in [7, 11) is 3.32. The molecule has 1 aliphatic rings. The normalized spacial score (nSPS) is 15.4. The highest BCUT2D eigenvalue weighted by Gasteiger charge is 2.31. The summed E-state index contributed by atoms with van der Waals surface area (Å²) in [6.45, 7) is 0. The van der Waals surface area contributed by atoms with Crippen LogP contribution in [0.25, 0.3) is 0 Å². The Labute approximate surface area is 138 Å². The number of H-pyrrole nitrogens is 1. The predicted octanol–water partition coefficient (Wildman–Crippen LogP) is 0.561.